The standard InChI is InChI=1S/C13H19N3O/c1-11(2)14-7-4-10-17-13-6-3-5-12-15-8-9-16(12)13/h3,5-6,8-9,11,14H,4,7,10H2,1-2H3. The van der Waals surface area contributed by atoms with Gasteiger partial charge in [0.1, 0.15) is 5.65 Å². The molecule has 2 aromatic rings. The van der Waals surface area contributed by atoms with Crippen LogP contribution in [0.15, 0.2) is 30.6 Å². The maximum Gasteiger partial charge on any atom is 0.199 e. The van der Waals surface area contributed by atoms with E-state index in [-0.39, 0.29) is 0 Å². The molecule has 0 spiro atoms. The zero-order valence-electron chi connectivity index (χ0n) is 10.4. The molecule has 0 saturated carbocycles. The zero-order valence-corrected chi connectivity index (χ0v) is 10.4. The number of imidazole rings is 1. The molecular formula is C13H19N3O. The number of rotatable bonds is 6. The lowest BCUT2D eigenvalue weighted by Crippen LogP contribution is -2.24. The van der Waals surface area contributed by atoms with E-state index in [4.69, 9.17) is 4.74 Å². The first-order valence-corrected chi connectivity index (χ1v) is 6.05. The van der Waals surface area contributed by atoms with Gasteiger partial charge < -0.3 is 10.1 Å². The van der Waals surface area contributed by atoms with Crippen LogP contribution in [-0.4, -0.2) is 28.6 Å². The number of fused-ring (bicyclic) bond motifs is 1. The molecule has 4 nitrogen and oxygen atoms in total. The summed E-state index contributed by atoms with van der Waals surface area (Å²) in [5, 5.41) is 3.36. The van der Waals surface area contributed by atoms with Gasteiger partial charge >= 0.3 is 0 Å². The molecule has 0 aliphatic rings. The molecule has 4 heteroatoms. The molecule has 0 saturated heterocycles. The average Bonchev–Trinajstić information content (AvgIpc) is 2.77. The summed E-state index contributed by atoms with van der Waals surface area (Å²) >= 11 is 0. The second-order valence-corrected chi connectivity index (χ2v) is 4.33. The van der Waals surface area contributed by atoms with Crippen LogP contribution in [0.2, 0.25) is 0 Å². The van der Waals surface area contributed by atoms with Gasteiger partial charge in [0.2, 0.25) is 0 Å². The van der Waals surface area contributed by atoms with E-state index >= 15 is 0 Å². The van der Waals surface area contributed by atoms with E-state index in [0.717, 1.165) is 31.1 Å². The van der Waals surface area contributed by atoms with Crippen LogP contribution >= 0.6 is 0 Å². The van der Waals surface area contributed by atoms with Crippen molar-refractivity contribution in [1.82, 2.24) is 14.7 Å². The molecule has 0 fully saturated rings. The quantitative estimate of drug-likeness (QED) is 0.777. The molecule has 0 amide bonds. The third-order valence-corrected chi connectivity index (χ3v) is 2.51. The van der Waals surface area contributed by atoms with Crippen LogP contribution in [-0.2, 0) is 0 Å². The van der Waals surface area contributed by atoms with Gasteiger partial charge in [0, 0.05) is 18.4 Å². The van der Waals surface area contributed by atoms with Crippen molar-refractivity contribution in [3.63, 3.8) is 0 Å². The number of nitrogens with zero attached hydrogens (tertiary/aromatic N) is 2. The molecular weight excluding hydrogens is 214 g/mol. The van der Waals surface area contributed by atoms with Gasteiger partial charge in [-0.05, 0) is 25.1 Å². The second-order valence-electron chi connectivity index (χ2n) is 4.33. The van der Waals surface area contributed by atoms with Crippen molar-refractivity contribution in [3.05, 3.63) is 30.6 Å². The fourth-order valence-corrected chi connectivity index (χ4v) is 1.68. The molecule has 0 bridgehead atoms. The number of hydrogen-bond acceptors (Lipinski definition) is 3. The van der Waals surface area contributed by atoms with Crippen molar-refractivity contribution < 1.29 is 4.74 Å². The van der Waals surface area contributed by atoms with Crippen LogP contribution in [0.1, 0.15) is 20.3 Å². The molecule has 1 N–H and O–H groups in total. The van der Waals surface area contributed by atoms with Crippen LogP contribution in [0.4, 0.5) is 0 Å². The van der Waals surface area contributed by atoms with Gasteiger partial charge in [0.05, 0.1) is 6.61 Å². The van der Waals surface area contributed by atoms with Gasteiger partial charge in [-0.25, -0.2) is 4.98 Å². The smallest absolute Gasteiger partial charge is 0.199 e. The Morgan fingerprint density at radius 2 is 2.29 bits per heavy atom. The Kier molecular flexibility index (Phi) is 3.98. The molecule has 0 atom stereocenters. The van der Waals surface area contributed by atoms with Gasteiger partial charge in [0.25, 0.3) is 0 Å². The van der Waals surface area contributed by atoms with Crippen LogP contribution in [0.5, 0.6) is 5.88 Å². The van der Waals surface area contributed by atoms with Crippen LogP contribution in [0.3, 0.4) is 0 Å². The van der Waals surface area contributed by atoms with Crippen molar-refractivity contribution >= 4 is 5.65 Å². The normalized spacial score (nSPS) is 11.2. The van der Waals surface area contributed by atoms with Crippen LogP contribution < -0.4 is 10.1 Å². The molecule has 2 rings (SSSR count). The van der Waals surface area contributed by atoms with Gasteiger partial charge in [-0.15, -0.1) is 0 Å². The summed E-state index contributed by atoms with van der Waals surface area (Å²) in [6.45, 7) is 5.99. The topological polar surface area (TPSA) is 38.6 Å². The minimum absolute atomic E-state index is 0.534. The van der Waals surface area contributed by atoms with Crippen molar-refractivity contribution in [2.45, 2.75) is 26.3 Å². The molecule has 0 radical (unpaired) electrons. The largest absolute Gasteiger partial charge is 0.479 e. The van der Waals surface area contributed by atoms with Crippen molar-refractivity contribution in [2.24, 2.45) is 0 Å². The van der Waals surface area contributed by atoms with Gasteiger partial charge in [0.15, 0.2) is 5.88 Å². The lowest BCUT2D eigenvalue weighted by molar-refractivity contribution is 0.291. The SMILES string of the molecule is CC(C)NCCCOc1cccc2nccn12. The molecule has 17 heavy (non-hydrogen) atoms. The summed E-state index contributed by atoms with van der Waals surface area (Å²) in [7, 11) is 0. The maximum absolute atomic E-state index is 5.74. The van der Waals surface area contributed by atoms with E-state index in [1.54, 1.807) is 6.20 Å². The highest BCUT2D eigenvalue weighted by molar-refractivity contribution is 5.41. The Bertz CT molecular complexity index is 464. The summed E-state index contributed by atoms with van der Waals surface area (Å²) < 4.78 is 7.70. The number of hydrogen-bond donors (Lipinski definition) is 1. The fraction of sp³-hybridized carbons (Fsp3) is 0.462. The summed E-state index contributed by atoms with van der Waals surface area (Å²) in [6.07, 6.45) is 4.70. The lowest BCUT2D eigenvalue weighted by atomic mass is 10.3. The fourth-order valence-electron chi connectivity index (χ4n) is 1.68. The van der Waals surface area contributed by atoms with Crippen molar-refractivity contribution in [3.8, 4) is 5.88 Å². The average molecular weight is 233 g/mol. The monoisotopic (exact) mass is 233 g/mol. The molecule has 0 aliphatic carbocycles. The lowest BCUT2D eigenvalue weighted by Gasteiger charge is -2.10. The molecule has 0 unspecified atom stereocenters. The molecule has 0 aromatic carbocycles. The van der Waals surface area contributed by atoms with Crippen LogP contribution in [0.25, 0.3) is 5.65 Å². The Labute approximate surface area is 102 Å². The first-order chi connectivity index (χ1) is 8.27. The molecule has 92 valence electrons. The van der Waals surface area contributed by atoms with E-state index in [2.05, 4.69) is 24.1 Å². The van der Waals surface area contributed by atoms with E-state index in [9.17, 15) is 0 Å². The van der Waals surface area contributed by atoms with Crippen molar-refractivity contribution in [2.75, 3.05) is 13.2 Å². The summed E-state index contributed by atoms with van der Waals surface area (Å²) in [5.74, 6) is 0.851. The van der Waals surface area contributed by atoms with E-state index in [0.29, 0.717) is 6.04 Å². The molecule has 0 aliphatic heterocycles. The Morgan fingerprint density at radius 1 is 1.41 bits per heavy atom. The molecule has 2 heterocycles. The summed E-state index contributed by atoms with van der Waals surface area (Å²) in [5.41, 5.74) is 0.919. The number of ether oxygens (including phenoxy) is 1. The first-order valence-electron chi connectivity index (χ1n) is 6.05. The highest BCUT2D eigenvalue weighted by Gasteiger charge is 2.00. The van der Waals surface area contributed by atoms with Crippen LogP contribution in [0, 0.1) is 0 Å². The highest BCUT2D eigenvalue weighted by Crippen LogP contribution is 2.13. The number of nitrogens with one attached hydrogen (secondary N) is 1. The summed E-state index contributed by atoms with van der Waals surface area (Å²) in [6, 6.07) is 6.42. The van der Waals surface area contributed by atoms with Gasteiger partial charge in [-0.1, -0.05) is 19.9 Å². The minimum atomic E-state index is 0.534. The third kappa shape index (κ3) is 3.20. The zero-order chi connectivity index (χ0) is 12.1. The Balaban J connectivity index is 1.84. The number of aromatic nitrogens is 2. The third-order valence-electron chi connectivity index (χ3n) is 2.51. The van der Waals surface area contributed by atoms with E-state index in [1.807, 2.05) is 28.8 Å². The number of pyridine rings is 1. The van der Waals surface area contributed by atoms with E-state index in [1.165, 1.54) is 0 Å². The predicted molar refractivity (Wildman–Crippen MR) is 68.4 cm³/mol. The maximum atomic E-state index is 5.74. The van der Waals surface area contributed by atoms with Gasteiger partial charge in [-0.2, -0.15) is 0 Å². The molecule has 2 aromatic heterocycles. The van der Waals surface area contributed by atoms with Gasteiger partial charge in [-0.3, -0.25) is 4.40 Å². The summed E-state index contributed by atoms with van der Waals surface area (Å²) in [4.78, 5) is 4.22. The Morgan fingerprint density at radius 3 is 3.12 bits per heavy atom. The second kappa shape index (κ2) is 5.68. The highest BCUT2D eigenvalue weighted by atomic mass is 16.5. The predicted octanol–water partition coefficient (Wildman–Crippen LogP) is 2.10. The van der Waals surface area contributed by atoms with Crippen molar-refractivity contribution in [1.29, 1.82) is 0 Å². The minimum Gasteiger partial charge on any atom is -0.479 e. The first kappa shape index (κ1) is 11.9. The Hall–Kier alpha value is -1.55. The van der Waals surface area contributed by atoms with E-state index < -0.39 is 0 Å².